The van der Waals surface area contributed by atoms with Crippen LogP contribution in [-0.4, -0.2) is 44.2 Å². The standard InChI is InChI=1S/C29H21F3N6O2/c1-37(29(39)19-10-20-23(11-22(19)30)36-28(33)21-13-35-38(2)26(20)21)24-14-40-25-9-15(4-6-18(24)25)3-5-16-12-34-8-7-17(16)27(31)32/h4,6-13,24,27H,14H2,1-2H3,(H2,33,36). The number of hydrogen-bond acceptors (Lipinski definition) is 6. The van der Waals surface area contributed by atoms with E-state index in [1.807, 2.05) is 0 Å². The monoisotopic (exact) mass is 542 g/mol. The third-order valence-corrected chi connectivity index (χ3v) is 7.02. The quantitative estimate of drug-likeness (QED) is 0.330. The fourth-order valence-corrected chi connectivity index (χ4v) is 4.91. The average molecular weight is 543 g/mol. The second-order valence-electron chi connectivity index (χ2n) is 9.39. The summed E-state index contributed by atoms with van der Waals surface area (Å²) in [6, 6.07) is 8.60. The van der Waals surface area contributed by atoms with Crippen molar-refractivity contribution in [2.24, 2.45) is 7.05 Å². The van der Waals surface area contributed by atoms with Gasteiger partial charge in [-0.05, 0) is 24.3 Å². The minimum absolute atomic E-state index is 0.119. The predicted octanol–water partition coefficient (Wildman–Crippen LogP) is 4.78. The summed E-state index contributed by atoms with van der Waals surface area (Å²) in [5.74, 6) is 5.09. The number of anilines is 1. The first-order chi connectivity index (χ1) is 19.2. The van der Waals surface area contributed by atoms with Gasteiger partial charge < -0.3 is 15.4 Å². The van der Waals surface area contributed by atoms with Crippen LogP contribution in [0.1, 0.15) is 45.1 Å². The van der Waals surface area contributed by atoms with E-state index in [4.69, 9.17) is 10.5 Å². The molecule has 11 heteroatoms. The Labute approximate surface area is 226 Å². The van der Waals surface area contributed by atoms with Crippen LogP contribution in [0.2, 0.25) is 0 Å². The number of benzene rings is 2. The van der Waals surface area contributed by atoms with Crippen LogP contribution in [0.3, 0.4) is 0 Å². The minimum Gasteiger partial charge on any atom is -0.491 e. The molecule has 200 valence electrons. The van der Waals surface area contributed by atoms with Crippen molar-refractivity contribution in [2.75, 3.05) is 19.4 Å². The Morgan fingerprint density at radius 3 is 2.80 bits per heavy atom. The van der Waals surface area contributed by atoms with Crippen LogP contribution < -0.4 is 10.5 Å². The maximum Gasteiger partial charge on any atom is 0.265 e. The lowest BCUT2D eigenvalue weighted by Crippen LogP contribution is -2.32. The highest BCUT2D eigenvalue weighted by molar-refractivity contribution is 6.10. The van der Waals surface area contributed by atoms with Gasteiger partial charge >= 0.3 is 0 Å². The first-order valence-electron chi connectivity index (χ1n) is 12.2. The number of ether oxygens (including phenoxy) is 1. The third kappa shape index (κ3) is 4.14. The second kappa shape index (κ2) is 9.57. The Kier molecular flexibility index (Phi) is 6.03. The molecule has 1 amide bonds. The number of halogens is 3. The molecule has 0 fully saturated rings. The summed E-state index contributed by atoms with van der Waals surface area (Å²) in [6.45, 7) is 0.159. The number of nitrogens with zero attached hydrogens (tertiary/aromatic N) is 5. The molecule has 6 rings (SSSR count). The SMILES string of the molecule is CN(C(=O)c1cc2c(cc1F)nc(N)c1cnn(C)c12)C1COc2cc(C#Cc3cnccc3C(F)F)ccc21. The molecule has 1 aliphatic rings. The van der Waals surface area contributed by atoms with Crippen LogP contribution >= 0.6 is 0 Å². The Morgan fingerprint density at radius 1 is 1.18 bits per heavy atom. The van der Waals surface area contributed by atoms with Crippen molar-refractivity contribution >= 4 is 33.5 Å². The van der Waals surface area contributed by atoms with Crippen molar-refractivity contribution in [2.45, 2.75) is 12.5 Å². The highest BCUT2D eigenvalue weighted by Crippen LogP contribution is 2.37. The molecule has 2 aromatic carbocycles. The number of aromatic nitrogens is 4. The van der Waals surface area contributed by atoms with E-state index in [1.54, 1.807) is 43.2 Å². The summed E-state index contributed by atoms with van der Waals surface area (Å²) >= 11 is 0. The number of nitrogen functional groups attached to an aromatic ring is 1. The highest BCUT2D eigenvalue weighted by Gasteiger charge is 2.32. The zero-order valence-corrected chi connectivity index (χ0v) is 21.3. The molecule has 4 heterocycles. The van der Waals surface area contributed by atoms with Crippen LogP contribution in [0.15, 0.2) is 55.0 Å². The molecule has 0 bridgehead atoms. The summed E-state index contributed by atoms with van der Waals surface area (Å²) in [5.41, 5.74) is 8.09. The van der Waals surface area contributed by atoms with Crippen LogP contribution in [0.25, 0.3) is 21.8 Å². The molecule has 3 aromatic heterocycles. The van der Waals surface area contributed by atoms with E-state index in [0.29, 0.717) is 33.1 Å². The number of nitrogens with two attached hydrogens (primary N) is 1. The van der Waals surface area contributed by atoms with Gasteiger partial charge in [0.15, 0.2) is 0 Å². The minimum atomic E-state index is -2.67. The molecule has 1 atom stereocenters. The largest absolute Gasteiger partial charge is 0.491 e. The number of carbonyl (C=O) groups is 1. The molecular formula is C29H21F3N6O2. The molecule has 1 unspecified atom stereocenters. The maximum absolute atomic E-state index is 15.2. The van der Waals surface area contributed by atoms with Crippen LogP contribution in [0.5, 0.6) is 5.75 Å². The number of likely N-dealkylation sites (N-methyl/N-ethyl adjacent to an activating group) is 1. The van der Waals surface area contributed by atoms with E-state index in [0.717, 1.165) is 5.56 Å². The van der Waals surface area contributed by atoms with Crippen molar-refractivity contribution in [3.8, 4) is 17.6 Å². The van der Waals surface area contributed by atoms with Gasteiger partial charge in [0.2, 0.25) is 0 Å². The molecule has 0 saturated heterocycles. The Hall–Kier alpha value is -5.11. The molecule has 8 nitrogen and oxygen atoms in total. The lowest BCUT2D eigenvalue weighted by atomic mass is 10.0. The summed E-state index contributed by atoms with van der Waals surface area (Å²) in [7, 11) is 3.32. The number of aryl methyl sites for hydroxylation is 1. The normalized spacial score (nSPS) is 14.2. The van der Waals surface area contributed by atoms with Gasteiger partial charge in [-0.25, -0.2) is 18.2 Å². The zero-order valence-electron chi connectivity index (χ0n) is 21.3. The molecule has 5 aromatic rings. The Bertz CT molecular complexity index is 1890. The van der Waals surface area contributed by atoms with E-state index in [-0.39, 0.29) is 29.1 Å². The van der Waals surface area contributed by atoms with Gasteiger partial charge in [0.05, 0.1) is 39.8 Å². The number of hydrogen-bond donors (Lipinski definition) is 1. The molecule has 40 heavy (non-hydrogen) atoms. The topological polar surface area (TPSA) is 99.2 Å². The van der Waals surface area contributed by atoms with Crippen molar-refractivity contribution in [3.05, 3.63) is 88.6 Å². The summed E-state index contributed by atoms with van der Waals surface area (Å²) in [4.78, 5) is 23.1. The van der Waals surface area contributed by atoms with E-state index in [9.17, 15) is 13.6 Å². The second-order valence-corrected chi connectivity index (χ2v) is 9.39. The van der Waals surface area contributed by atoms with E-state index in [1.165, 1.54) is 35.5 Å². The fourth-order valence-electron chi connectivity index (χ4n) is 4.91. The first kappa shape index (κ1) is 25.2. The number of alkyl halides is 2. The third-order valence-electron chi connectivity index (χ3n) is 7.02. The number of fused-ring (bicyclic) bond motifs is 4. The summed E-state index contributed by atoms with van der Waals surface area (Å²) in [6.07, 6.45) is 1.50. The molecule has 2 N–H and O–H groups in total. The number of carbonyl (C=O) groups excluding carboxylic acids is 1. The highest BCUT2D eigenvalue weighted by atomic mass is 19.3. The van der Waals surface area contributed by atoms with Gasteiger partial charge in [-0.1, -0.05) is 17.9 Å². The van der Waals surface area contributed by atoms with Crippen LogP contribution in [-0.2, 0) is 7.05 Å². The summed E-state index contributed by atoms with van der Waals surface area (Å²) in [5, 5.41) is 5.38. The first-order valence-corrected chi connectivity index (χ1v) is 12.2. The van der Waals surface area contributed by atoms with Gasteiger partial charge in [-0.15, -0.1) is 0 Å². The lowest BCUT2D eigenvalue weighted by Gasteiger charge is -2.24. The van der Waals surface area contributed by atoms with Gasteiger partial charge in [0.25, 0.3) is 12.3 Å². The Morgan fingerprint density at radius 2 is 2.00 bits per heavy atom. The Balaban J connectivity index is 1.30. The smallest absolute Gasteiger partial charge is 0.265 e. The van der Waals surface area contributed by atoms with Gasteiger partial charge in [-0.2, -0.15) is 5.10 Å². The van der Waals surface area contributed by atoms with Gasteiger partial charge in [0, 0.05) is 54.6 Å². The summed E-state index contributed by atoms with van der Waals surface area (Å²) < 4.78 is 49.1. The van der Waals surface area contributed by atoms with Crippen molar-refractivity contribution in [3.63, 3.8) is 0 Å². The van der Waals surface area contributed by atoms with E-state index in [2.05, 4.69) is 26.9 Å². The molecule has 0 radical (unpaired) electrons. The van der Waals surface area contributed by atoms with Gasteiger partial charge in [0.1, 0.15) is 24.0 Å². The predicted molar refractivity (Wildman–Crippen MR) is 142 cm³/mol. The average Bonchev–Trinajstić information content (AvgIpc) is 3.55. The van der Waals surface area contributed by atoms with Crippen molar-refractivity contribution < 1.29 is 22.7 Å². The molecule has 0 spiro atoms. The van der Waals surface area contributed by atoms with Crippen molar-refractivity contribution in [1.29, 1.82) is 0 Å². The van der Waals surface area contributed by atoms with Crippen LogP contribution in [0, 0.1) is 17.7 Å². The molecule has 0 saturated carbocycles. The molecule has 0 aliphatic carbocycles. The number of rotatable bonds is 3. The zero-order chi connectivity index (χ0) is 28.1. The number of amides is 1. The van der Waals surface area contributed by atoms with Crippen molar-refractivity contribution in [1.82, 2.24) is 24.6 Å². The maximum atomic E-state index is 15.2. The fraction of sp³-hybridized carbons (Fsp3) is 0.172. The molecular weight excluding hydrogens is 521 g/mol. The van der Waals surface area contributed by atoms with E-state index >= 15 is 4.39 Å². The lowest BCUT2D eigenvalue weighted by molar-refractivity contribution is 0.0704. The van der Waals surface area contributed by atoms with Crippen LogP contribution in [0.4, 0.5) is 19.0 Å². The molecule has 1 aliphatic heterocycles. The van der Waals surface area contributed by atoms with E-state index < -0.39 is 24.2 Å². The van der Waals surface area contributed by atoms with Gasteiger partial charge in [-0.3, -0.25) is 14.5 Å². The number of pyridine rings is 2.